The van der Waals surface area contributed by atoms with Crippen molar-refractivity contribution in [3.8, 4) is 0 Å². The van der Waals surface area contributed by atoms with Gasteiger partial charge in [-0.15, -0.1) is 0 Å². The van der Waals surface area contributed by atoms with Crippen LogP contribution in [0.25, 0.3) is 0 Å². The van der Waals surface area contributed by atoms with Crippen LogP contribution in [-0.2, 0) is 6.18 Å². The summed E-state index contributed by atoms with van der Waals surface area (Å²) in [5.74, 6) is 5.41. The van der Waals surface area contributed by atoms with Crippen LogP contribution < -0.4 is 11.3 Å². The predicted molar refractivity (Wildman–Crippen MR) is 69.9 cm³/mol. The molecule has 2 rings (SSSR count). The minimum absolute atomic E-state index is 0.0735. The highest BCUT2D eigenvalue weighted by Crippen LogP contribution is 2.37. The van der Waals surface area contributed by atoms with Crippen molar-refractivity contribution >= 4 is 11.6 Å². The van der Waals surface area contributed by atoms with E-state index in [4.69, 9.17) is 17.4 Å². The molecule has 7 heteroatoms. The molecule has 2 aromatic rings. The molecule has 3 nitrogen and oxygen atoms in total. The summed E-state index contributed by atoms with van der Waals surface area (Å²) in [6.45, 7) is 0. The second-order valence-electron chi connectivity index (χ2n) is 4.08. The van der Waals surface area contributed by atoms with E-state index in [1.807, 2.05) is 0 Å². The quantitative estimate of drug-likeness (QED) is 0.675. The van der Waals surface area contributed by atoms with Gasteiger partial charge in [0, 0.05) is 23.0 Å². The lowest BCUT2D eigenvalue weighted by molar-refractivity contribution is -0.138. The summed E-state index contributed by atoms with van der Waals surface area (Å²) in [6.07, 6.45) is -2.27. The molecule has 0 bridgehead atoms. The highest BCUT2D eigenvalue weighted by Gasteiger charge is 2.35. The first-order valence-electron chi connectivity index (χ1n) is 5.67. The summed E-state index contributed by atoms with van der Waals surface area (Å²) in [7, 11) is 0. The number of aromatic nitrogens is 1. The van der Waals surface area contributed by atoms with Crippen molar-refractivity contribution in [2.75, 3.05) is 0 Å². The minimum atomic E-state index is -4.49. The molecule has 20 heavy (non-hydrogen) atoms. The number of hydrazine groups is 1. The third-order valence-electron chi connectivity index (χ3n) is 2.85. The van der Waals surface area contributed by atoms with Crippen LogP contribution in [0.1, 0.15) is 22.7 Å². The summed E-state index contributed by atoms with van der Waals surface area (Å²) in [6, 6.07) is 6.58. The van der Waals surface area contributed by atoms with Crippen molar-refractivity contribution < 1.29 is 13.2 Å². The third kappa shape index (κ3) is 2.92. The number of rotatable bonds is 3. The van der Waals surface area contributed by atoms with Gasteiger partial charge >= 0.3 is 6.18 Å². The van der Waals surface area contributed by atoms with Crippen molar-refractivity contribution in [2.45, 2.75) is 12.2 Å². The van der Waals surface area contributed by atoms with Gasteiger partial charge in [-0.1, -0.05) is 29.8 Å². The molecule has 1 aromatic heterocycles. The molecular formula is C13H11ClF3N3. The van der Waals surface area contributed by atoms with Crippen LogP contribution in [-0.4, -0.2) is 4.98 Å². The second-order valence-corrected chi connectivity index (χ2v) is 4.49. The monoisotopic (exact) mass is 301 g/mol. The van der Waals surface area contributed by atoms with E-state index in [0.29, 0.717) is 10.6 Å². The number of hydrogen-bond donors (Lipinski definition) is 2. The van der Waals surface area contributed by atoms with Gasteiger partial charge in [0.1, 0.15) is 0 Å². The molecule has 0 spiro atoms. The van der Waals surface area contributed by atoms with E-state index in [-0.39, 0.29) is 5.56 Å². The number of nitrogens with two attached hydrogens (primary N) is 1. The Morgan fingerprint density at radius 2 is 1.85 bits per heavy atom. The Kier molecular flexibility index (Phi) is 4.27. The van der Waals surface area contributed by atoms with Gasteiger partial charge < -0.3 is 0 Å². The smallest absolute Gasteiger partial charge is 0.271 e. The number of benzene rings is 1. The van der Waals surface area contributed by atoms with Gasteiger partial charge in [0.2, 0.25) is 0 Å². The Morgan fingerprint density at radius 1 is 1.15 bits per heavy atom. The van der Waals surface area contributed by atoms with Crippen molar-refractivity contribution in [2.24, 2.45) is 5.84 Å². The fourth-order valence-electron chi connectivity index (χ4n) is 1.95. The minimum Gasteiger partial charge on any atom is -0.271 e. The van der Waals surface area contributed by atoms with Gasteiger partial charge in [-0.25, -0.2) is 5.43 Å². The van der Waals surface area contributed by atoms with Crippen LogP contribution in [0, 0.1) is 0 Å². The van der Waals surface area contributed by atoms with Crippen molar-refractivity contribution in [1.82, 2.24) is 10.4 Å². The average Bonchev–Trinajstić information content (AvgIpc) is 2.41. The Hall–Kier alpha value is -1.63. The molecular weight excluding hydrogens is 291 g/mol. The van der Waals surface area contributed by atoms with Gasteiger partial charge in [0.15, 0.2) is 0 Å². The van der Waals surface area contributed by atoms with Crippen molar-refractivity contribution in [3.63, 3.8) is 0 Å². The SMILES string of the molecule is NNC(c1ccccc1Cl)c1cnccc1C(F)(F)F. The van der Waals surface area contributed by atoms with E-state index in [1.54, 1.807) is 24.3 Å². The highest BCUT2D eigenvalue weighted by atomic mass is 35.5. The maximum Gasteiger partial charge on any atom is 0.416 e. The van der Waals surface area contributed by atoms with E-state index in [1.165, 1.54) is 0 Å². The van der Waals surface area contributed by atoms with Crippen molar-refractivity contribution in [1.29, 1.82) is 0 Å². The van der Waals surface area contributed by atoms with Crippen LogP contribution in [0.2, 0.25) is 5.02 Å². The lowest BCUT2D eigenvalue weighted by atomic mass is 9.96. The summed E-state index contributed by atoms with van der Waals surface area (Å²) in [4.78, 5) is 3.74. The highest BCUT2D eigenvalue weighted by molar-refractivity contribution is 6.31. The summed E-state index contributed by atoms with van der Waals surface area (Å²) < 4.78 is 39.1. The van der Waals surface area contributed by atoms with Gasteiger partial charge in [-0.3, -0.25) is 10.8 Å². The van der Waals surface area contributed by atoms with E-state index >= 15 is 0 Å². The molecule has 0 aliphatic carbocycles. The van der Waals surface area contributed by atoms with Gasteiger partial charge in [-0.05, 0) is 17.7 Å². The van der Waals surface area contributed by atoms with Crippen LogP contribution in [0.15, 0.2) is 42.7 Å². The number of halogens is 4. The van der Waals surface area contributed by atoms with Gasteiger partial charge in [0.25, 0.3) is 0 Å². The first-order chi connectivity index (χ1) is 9.45. The standard InChI is InChI=1S/C13H11ClF3N3/c14-11-4-2-1-3-8(11)12(20-18)9-7-19-6-5-10(9)13(15,16)17/h1-7,12,20H,18H2. The second kappa shape index (κ2) is 5.78. The average molecular weight is 302 g/mol. The molecule has 0 radical (unpaired) electrons. The van der Waals surface area contributed by atoms with Crippen LogP contribution >= 0.6 is 11.6 Å². The summed E-state index contributed by atoms with van der Waals surface area (Å²) in [5.41, 5.74) is 1.95. The molecule has 0 saturated heterocycles. The molecule has 1 unspecified atom stereocenters. The topological polar surface area (TPSA) is 50.9 Å². The van der Waals surface area contributed by atoms with Crippen molar-refractivity contribution in [3.05, 3.63) is 64.4 Å². The molecule has 106 valence electrons. The maximum atomic E-state index is 13.0. The Bertz CT molecular complexity index is 601. The van der Waals surface area contributed by atoms with E-state index in [2.05, 4.69) is 10.4 Å². The molecule has 0 aliphatic heterocycles. The zero-order valence-electron chi connectivity index (χ0n) is 10.2. The number of alkyl halides is 3. The normalized spacial score (nSPS) is 13.2. The van der Waals surface area contributed by atoms with E-state index in [9.17, 15) is 13.2 Å². The summed E-state index contributed by atoms with van der Waals surface area (Å²) >= 11 is 6.02. The van der Waals surface area contributed by atoms with Crippen LogP contribution in [0.5, 0.6) is 0 Å². The molecule has 0 fully saturated rings. The van der Waals surface area contributed by atoms with E-state index < -0.39 is 17.8 Å². The Labute approximate surface area is 118 Å². The molecule has 1 atom stereocenters. The van der Waals surface area contributed by atoms with Gasteiger partial charge in [-0.2, -0.15) is 13.2 Å². The van der Waals surface area contributed by atoms with Gasteiger partial charge in [0.05, 0.1) is 11.6 Å². The molecule has 1 aromatic carbocycles. The fraction of sp³-hybridized carbons (Fsp3) is 0.154. The zero-order chi connectivity index (χ0) is 14.8. The molecule has 0 saturated carbocycles. The molecule has 0 aliphatic rings. The first-order valence-corrected chi connectivity index (χ1v) is 6.04. The lowest BCUT2D eigenvalue weighted by Gasteiger charge is -2.21. The predicted octanol–water partition coefficient (Wildman–Crippen LogP) is 3.31. The number of pyridine rings is 1. The Balaban J connectivity index is 2.57. The van der Waals surface area contributed by atoms with Crippen LogP contribution in [0.4, 0.5) is 13.2 Å². The molecule has 3 N–H and O–H groups in total. The maximum absolute atomic E-state index is 13.0. The molecule has 1 heterocycles. The number of hydrogen-bond acceptors (Lipinski definition) is 3. The molecule has 0 amide bonds. The zero-order valence-corrected chi connectivity index (χ0v) is 10.9. The summed E-state index contributed by atoms with van der Waals surface area (Å²) in [5, 5.41) is 0.326. The Morgan fingerprint density at radius 3 is 2.45 bits per heavy atom. The third-order valence-corrected chi connectivity index (χ3v) is 3.20. The van der Waals surface area contributed by atoms with Crippen LogP contribution in [0.3, 0.4) is 0 Å². The largest absolute Gasteiger partial charge is 0.416 e. The van der Waals surface area contributed by atoms with E-state index in [0.717, 1.165) is 18.5 Å². The first kappa shape index (κ1) is 14.8. The lowest BCUT2D eigenvalue weighted by Crippen LogP contribution is -2.31. The fourth-order valence-corrected chi connectivity index (χ4v) is 2.20. The number of nitrogens with zero attached hydrogens (tertiary/aromatic N) is 1. The number of nitrogens with one attached hydrogen (secondary N) is 1.